The van der Waals surface area contributed by atoms with Crippen LogP contribution in [0.15, 0.2) is 46.8 Å². The van der Waals surface area contributed by atoms with Gasteiger partial charge < -0.3 is 30.6 Å². The number of carbonyl (C=O) groups is 4. The molecule has 14 heteroatoms. The summed E-state index contributed by atoms with van der Waals surface area (Å²) in [4.78, 5) is 64.1. The summed E-state index contributed by atoms with van der Waals surface area (Å²) in [5.74, 6) is -1.96. The van der Waals surface area contributed by atoms with E-state index >= 15 is 0 Å². The number of fused-ring (bicyclic) bond motifs is 4. The highest BCUT2D eigenvalue weighted by atomic mass is 16.6. The summed E-state index contributed by atoms with van der Waals surface area (Å²) in [7, 11) is 1.38. The zero-order valence-electron chi connectivity index (χ0n) is 19.8. The fourth-order valence-corrected chi connectivity index (χ4v) is 5.66. The Morgan fingerprint density at radius 2 is 1.86 bits per heavy atom. The van der Waals surface area contributed by atoms with Gasteiger partial charge in [-0.2, -0.15) is 0 Å². The Kier molecular flexibility index (Phi) is 5.44. The zero-order chi connectivity index (χ0) is 26.8. The van der Waals surface area contributed by atoms with Crippen LogP contribution >= 0.6 is 0 Å². The number of nitrogens with two attached hydrogens (primary N) is 2. The van der Waals surface area contributed by atoms with Crippen LogP contribution in [0.1, 0.15) is 12.5 Å². The molecule has 194 valence electrons. The highest BCUT2D eigenvalue weighted by molar-refractivity contribution is 6.25. The number of hydrogen-bond donors (Lipinski definition) is 2. The second kappa shape index (κ2) is 8.30. The Bertz CT molecular complexity index is 1320. The molecule has 0 bridgehead atoms. The highest BCUT2D eigenvalue weighted by Gasteiger charge is 2.78. The molecule has 4 atom stereocenters. The lowest BCUT2D eigenvalue weighted by Gasteiger charge is -2.40. The Morgan fingerprint density at radius 3 is 2.46 bits per heavy atom. The molecule has 5 rings (SSSR count). The molecule has 4 aliphatic rings. The molecule has 0 unspecified atom stereocenters. The van der Waals surface area contributed by atoms with Gasteiger partial charge in [-0.15, -0.1) is 0 Å². The lowest BCUT2D eigenvalue weighted by Crippen LogP contribution is -2.56. The summed E-state index contributed by atoms with van der Waals surface area (Å²) in [5.41, 5.74) is 10.2. The molecule has 2 fully saturated rings. The minimum Gasteiger partial charge on any atom is -0.449 e. The van der Waals surface area contributed by atoms with E-state index in [4.69, 9.17) is 25.7 Å². The standard InChI is InChI=1S/C23H23N5O9/c1-10-16(24)19(30)15-13(9-36-21(25)31)23(35-2)20-14(7-26(23)17(15)18(10)29)27(20)22(32)37-8-11-3-5-12(6-4-11)28(33)34/h3-6,13-14,20H,7-9,24H2,1-2H3,(H2,25,31)/t13-,14+,20+,23-,27?/m1/s1. The van der Waals surface area contributed by atoms with Crippen molar-refractivity contribution >= 4 is 29.4 Å². The highest BCUT2D eigenvalue weighted by Crippen LogP contribution is 2.59. The summed E-state index contributed by atoms with van der Waals surface area (Å²) in [6, 6.07) is 4.55. The topological polar surface area (TPSA) is 197 Å². The number of nitro benzene ring substituents is 1. The second-order valence-electron chi connectivity index (χ2n) is 9.11. The van der Waals surface area contributed by atoms with Crippen LogP contribution in [-0.2, 0) is 30.4 Å². The van der Waals surface area contributed by atoms with Crippen molar-refractivity contribution in [3.63, 3.8) is 0 Å². The van der Waals surface area contributed by atoms with Crippen LogP contribution in [0.25, 0.3) is 0 Å². The van der Waals surface area contributed by atoms with E-state index in [0.29, 0.717) is 5.56 Å². The van der Waals surface area contributed by atoms with E-state index in [-0.39, 0.29) is 48.0 Å². The lowest BCUT2D eigenvalue weighted by molar-refractivity contribution is -0.384. The second-order valence-corrected chi connectivity index (χ2v) is 9.11. The number of allylic oxidation sites excluding steroid dienone is 2. The van der Waals surface area contributed by atoms with Gasteiger partial charge in [-0.25, -0.2) is 9.59 Å². The van der Waals surface area contributed by atoms with Crippen LogP contribution in [-0.4, -0.2) is 76.5 Å². The number of ether oxygens (including phenoxy) is 3. The first kappa shape index (κ1) is 24.2. The van der Waals surface area contributed by atoms with Crippen molar-refractivity contribution in [2.24, 2.45) is 17.4 Å². The minimum absolute atomic E-state index is 0.0562. The smallest absolute Gasteiger partial charge is 0.410 e. The Morgan fingerprint density at radius 1 is 1.19 bits per heavy atom. The lowest BCUT2D eigenvalue weighted by atomic mass is 9.82. The number of piperazine rings is 1. The number of hydrogen-bond acceptors (Lipinski definition) is 11. The van der Waals surface area contributed by atoms with Crippen molar-refractivity contribution in [3.8, 4) is 0 Å². The summed E-state index contributed by atoms with van der Waals surface area (Å²) >= 11 is 0. The third kappa shape index (κ3) is 3.36. The number of ketones is 2. The molecular weight excluding hydrogens is 490 g/mol. The molecule has 0 radical (unpaired) electrons. The first-order valence-electron chi connectivity index (χ1n) is 11.3. The predicted octanol–water partition coefficient (Wildman–Crippen LogP) is 0.306. The SMILES string of the molecule is CO[C@@]12[C@H](COC(N)=O)C3=C(C(=O)C(C)=C(N)C3=O)N1C[C@H]1[C@@H]2N1C(=O)OCc1ccc([N+](=O)[O-])cc1. The molecule has 1 aromatic rings. The van der Waals surface area contributed by atoms with Crippen molar-refractivity contribution in [3.05, 3.63) is 62.5 Å². The summed E-state index contributed by atoms with van der Waals surface area (Å²) < 4.78 is 16.4. The first-order valence-corrected chi connectivity index (χ1v) is 11.3. The van der Waals surface area contributed by atoms with E-state index in [1.54, 1.807) is 4.90 Å². The number of methoxy groups -OCH3 is 1. The largest absolute Gasteiger partial charge is 0.449 e. The third-order valence-electron chi connectivity index (χ3n) is 7.41. The minimum atomic E-state index is -1.40. The Balaban J connectivity index is 1.40. The van der Waals surface area contributed by atoms with Gasteiger partial charge in [0.05, 0.1) is 28.3 Å². The number of carbonyl (C=O) groups excluding carboxylic acids is 4. The van der Waals surface area contributed by atoms with E-state index in [1.807, 2.05) is 0 Å². The van der Waals surface area contributed by atoms with Crippen molar-refractivity contribution in [1.29, 1.82) is 0 Å². The number of benzene rings is 1. The predicted molar refractivity (Wildman–Crippen MR) is 122 cm³/mol. The maximum absolute atomic E-state index is 13.2. The van der Waals surface area contributed by atoms with Gasteiger partial charge in [0.25, 0.3) is 5.69 Å². The van der Waals surface area contributed by atoms with Crippen LogP contribution < -0.4 is 11.5 Å². The van der Waals surface area contributed by atoms with Crippen molar-refractivity contribution in [1.82, 2.24) is 9.80 Å². The van der Waals surface area contributed by atoms with Gasteiger partial charge in [0.1, 0.15) is 19.3 Å². The maximum atomic E-state index is 13.2. The monoisotopic (exact) mass is 513 g/mol. The molecule has 0 spiro atoms. The van der Waals surface area contributed by atoms with Crippen molar-refractivity contribution < 1.29 is 38.3 Å². The van der Waals surface area contributed by atoms with E-state index in [0.717, 1.165) is 0 Å². The molecule has 3 aliphatic heterocycles. The molecule has 1 aliphatic carbocycles. The van der Waals surface area contributed by atoms with Crippen LogP contribution in [0.5, 0.6) is 0 Å². The van der Waals surface area contributed by atoms with Gasteiger partial charge in [-0.3, -0.25) is 24.6 Å². The van der Waals surface area contributed by atoms with E-state index < -0.39 is 52.4 Å². The van der Waals surface area contributed by atoms with Crippen LogP contribution in [0.4, 0.5) is 15.3 Å². The van der Waals surface area contributed by atoms with Crippen LogP contribution in [0, 0.1) is 16.0 Å². The summed E-state index contributed by atoms with van der Waals surface area (Å²) in [5, 5.41) is 10.8. The summed E-state index contributed by atoms with van der Waals surface area (Å²) in [6.07, 6.45) is -1.75. The fraction of sp³-hybridized carbons (Fsp3) is 0.391. The van der Waals surface area contributed by atoms with Crippen LogP contribution in [0.2, 0.25) is 0 Å². The van der Waals surface area contributed by atoms with Gasteiger partial charge in [-0.1, -0.05) is 0 Å². The average Bonchev–Trinajstić information content (AvgIpc) is 3.38. The maximum Gasteiger partial charge on any atom is 0.410 e. The quantitative estimate of drug-likeness (QED) is 0.230. The number of non-ortho nitro benzene ring substituents is 1. The van der Waals surface area contributed by atoms with Gasteiger partial charge in [0.2, 0.25) is 11.6 Å². The number of amides is 2. The molecular formula is C23H23N5O9. The normalized spacial score (nSPS) is 27.7. The number of rotatable bonds is 6. The zero-order valence-corrected chi connectivity index (χ0v) is 19.8. The Hall–Kier alpha value is -4.46. The van der Waals surface area contributed by atoms with E-state index in [9.17, 15) is 29.3 Å². The van der Waals surface area contributed by atoms with Crippen molar-refractivity contribution in [2.75, 3.05) is 20.3 Å². The molecule has 3 heterocycles. The van der Waals surface area contributed by atoms with Gasteiger partial charge in [-0.05, 0) is 24.6 Å². The molecule has 4 N–H and O–H groups in total. The van der Waals surface area contributed by atoms with Gasteiger partial charge in [0, 0.05) is 36.9 Å². The van der Waals surface area contributed by atoms with E-state index in [2.05, 4.69) is 0 Å². The van der Waals surface area contributed by atoms with Crippen molar-refractivity contribution in [2.45, 2.75) is 31.3 Å². The average molecular weight is 513 g/mol. The molecule has 1 aromatic carbocycles. The molecule has 14 nitrogen and oxygen atoms in total. The Labute approximate surface area is 209 Å². The third-order valence-corrected chi connectivity index (χ3v) is 7.41. The van der Waals surface area contributed by atoms with Gasteiger partial charge >= 0.3 is 12.2 Å². The first-order chi connectivity index (χ1) is 17.5. The number of nitro groups is 1. The van der Waals surface area contributed by atoms with Crippen LogP contribution in [0.3, 0.4) is 0 Å². The van der Waals surface area contributed by atoms with Gasteiger partial charge in [0.15, 0.2) is 5.72 Å². The molecule has 2 amide bonds. The molecule has 37 heavy (non-hydrogen) atoms. The summed E-state index contributed by atoms with van der Waals surface area (Å²) in [6.45, 7) is 1.12. The number of nitrogens with zero attached hydrogens (tertiary/aromatic N) is 3. The van der Waals surface area contributed by atoms with E-state index in [1.165, 1.54) is 43.2 Å². The molecule has 0 aromatic heterocycles. The molecule has 2 saturated heterocycles. The molecule has 0 saturated carbocycles. The number of primary amides is 1. The number of Topliss-reactive ketones (excluding diaryl/α,β-unsaturated/α-hetero) is 2. The fourth-order valence-electron chi connectivity index (χ4n) is 5.66.